The van der Waals surface area contributed by atoms with Crippen LogP contribution < -0.4 is 5.73 Å². The van der Waals surface area contributed by atoms with Crippen LogP contribution in [0.1, 0.15) is 58.2 Å². The third-order valence-electron chi connectivity index (χ3n) is 4.50. The molecule has 1 aromatic heterocycles. The standard InChI is InChI=1S/C15H27ClN4/c1-4-8-20-13(12(16)11-18-20)14(17)15(2,3)19-9-6-5-7-10-19/h11,14H,4-10,17H2,1-3H3. The summed E-state index contributed by atoms with van der Waals surface area (Å²) in [6, 6.07) is -0.123. The molecule has 114 valence electrons. The molecule has 2 rings (SSSR count). The topological polar surface area (TPSA) is 47.1 Å². The zero-order valence-corrected chi connectivity index (χ0v) is 13.7. The van der Waals surface area contributed by atoms with E-state index in [2.05, 4.69) is 30.8 Å². The van der Waals surface area contributed by atoms with E-state index in [1.54, 1.807) is 6.20 Å². The molecule has 0 radical (unpaired) electrons. The smallest absolute Gasteiger partial charge is 0.0834 e. The summed E-state index contributed by atoms with van der Waals surface area (Å²) in [5.74, 6) is 0. The zero-order chi connectivity index (χ0) is 14.8. The molecule has 1 aliphatic rings. The average Bonchev–Trinajstić information content (AvgIpc) is 2.80. The first kappa shape index (κ1) is 15.8. The van der Waals surface area contributed by atoms with Gasteiger partial charge in [-0.1, -0.05) is 24.9 Å². The van der Waals surface area contributed by atoms with Crippen LogP contribution in [0.15, 0.2) is 6.20 Å². The highest BCUT2D eigenvalue weighted by Crippen LogP contribution is 2.34. The van der Waals surface area contributed by atoms with E-state index in [9.17, 15) is 0 Å². The number of aromatic nitrogens is 2. The number of likely N-dealkylation sites (tertiary alicyclic amines) is 1. The van der Waals surface area contributed by atoms with Crippen LogP contribution in [-0.2, 0) is 6.54 Å². The highest BCUT2D eigenvalue weighted by Gasteiger charge is 2.37. The van der Waals surface area contributed by atoms with Crippen molar-refractivity contribution in [1.82, 2.24) is 14.7 Å². The van der Waals surface area contributed by atoms with Crippen molar-refractivity contribution >= 4 is 11.6 Å². The molecule has 0 aromatic carbocycles. The maximum atomic E-state index is 6.59. The number of halogens is 1. The molecule has 0 spiro atoms. The van der Waals surface area contributed by atoms with Gasteiger partial charge in [0.15, 0.2) is 0 Å². The molecule has 0 amide bonds. The normalized spacial score (nSPS) is 19.2. The van der Waals surface area contributed by atoms with Crippen molar-refractivity contribution in [3.63, 3.8) is 0 Å². The van der Waals surface area contributed by atoms with Crippen LogP contribution in [0, 0.1) is 0 Å². The van der Waals surface area contributed by atoms with E-state index in [0.717, 1.165) is 31.7 Å². The molecule has 4 nitrogen and oxygen atoms in total. The molecular weight excluding hydrogens is 272 g/mol. The Morgan fingerprint density at radius 2 is 2.00 bits per heavy atom. The Balaban J connectivity index is 2.24. The lowest BCUT2D eigenvalue weighted by molar-refractivity contribution is 0.0704. The number of rotatable bonds is 5. The molecule has 0 bridgehead atoms. The minimum Gasteiger partial charge on any atom is -0.321 e. The number of hydrogen-bond donors (Lipinski definition) is 1. The SMILES string of the molecule is CCCn1ncc(Cl)c1C(N)C(C)(C)N1CCCCC1. The van der Waals surface area contributed by atoms with Gasteiger partial charge < -0.3 is 5.73 Å². The van der Waals surface area contributed by atoms with E-state index < -0.39 is 0 Å². The first-order valence-corrected chi connectivity index (χ1v) is 8.08. The molecule has 1 atom stereocenters. The molecule has 0 saturated carbocycles. The number of nitrogens with zero attached hydrogens (tertiary/aromatic N) is 3. The minimum atomic E-state index is -0.123. The van der Waals surface area contributed by atoms with E-state index in [4.69, 9.17) is 17.3 Å². The van der Waals surface area contributed by atoms with Crippen molar-refractivity contribution in [2.24, 2.45) is 5.73 Å². The van der Waals surface area contributed by atoms with Crippen LogP contribution in [0.2, 0.25) is 5.02 Å². The number of hydrogen-bond acceptors (Lipinski definition) is 3. The van der Waals surface area contributed by atoms with Crippen molar-refractivity contribution < 1.29 is 0 Å². The van der Waals surface area contributed by atoms with Gasteiger partial charge in [0.2, 0.25) is 0 Å². The lowest BCUT2D eigenvalue weighted by Crippen LogP contribution is -2.53. The monoisotopic (exact) mass is 298 g/mol. The second kappa shape index (κ2) is 6.46. The number of piperidine rings is 1. The molecule has 2 N–H and O–H groups in total. The molecule has 1 aliphatic heterocycles. The Bertz CT molecular complexity index is 435. The Hall–Kier alpha value is -0.580. The van der Waals surface area contributed by atoms with Gasteiger partial charge in [0, 0.05) is 12.1 Å². The molecule has 1 fully saturated rings. The summed E-state index contributed by atoms with van der Waals surface area (Å²) in [4.78, 5) is 2.50. The van der Waals surface area contributed by atoms with Gasteiger partial charge in [0.1, 0.15) is 0 Å². The van der Waals surface area contributed by atoms with Gasteiger partial charge in [-0.3, -0.25) is 9.58 Å². The minimum absolute atomic E-state index is 0.102. The highest BCUT2D eigenvalue weighted by molar-refractivity contribution is 6.31. The maximum Gasteiger partial charge on any atom is 0.0834 e. The number of nitrogens with two attached hydrogens (primary N) is 1. The molecule has 1 saturated heterocycles. The van der Waals surface area contributed by atoms with E-state index in [-0.39, 0.29) is 11.6 Å². The van der Waals surface area contributed by atoms with E-state index in [1.165, 1.54) is 19.3 Å². The second-order valence-electron chi connectivity index (χ2n) is 6.28. The molecule has 2 heterocycles. The fourth-order valence-electron chi connectivity index (χ4n) is 3.07. The lowest BCUT2D eigenvalue weighted by atomic mass is 9.88. The van der Waals surface area contributed by atoms with Crippen LogP contribution in [0.4, 0.5) is 0 Å². The van der Waals surface area contributed by atoms with Crippen molar-refractivity contribution in [2.75, 3.05) is 13.1 Å². The molecule has 20 heavy (non-hydrogen) atoms. The van der Waals surface area contributed by atoms with E-state index >= 15 is 0 Å². The fraction of sp³-hybridized carbons (Fsp3) is 0.800. The molecule has 0 aliphatic carbocycles. The van der Waals surface area contributed by atoms with E-state index in [1.807, 2.05) is 4.68 Å². The van der Waals surface area contributed by atoms with Crippen molar-refractivity contribution in [3.05, 3.63) is 16.9 Å². The van der Waals surface area contributed by atoms with Crippen molar-refractivity contribution in [1.29, 1.82) is 0 Å². The van der Waals surface area contributed by atoms with Crippen LogP contribution in [0.5, 0.6) is 0 Å². The first-order chi connectivity index (χ1) is 9.48. The van der Waals surface area contributed by atoms with Gasteiger partial charge >= 0.3 is 0 Å². The molecule has 1 aromatic rings. The zero-order valence-electron chi connectivity index (χ0n) is 12.9. The molecular formula is C15H27ClN4. The summed E-state index contributed by atoms with van der Waals surface area (Å²) >= 11 is 6.34. The Morgan fingerprint density at radius 1 is 1.35 bits per heavy atom. The fourth-order valence-corrected chi connectivity index (χ4v) is 3.33. The number of aryl methyl sites for hydroxylation is 1. The largest absolute Gasteiger partial charge is 0.321 e. The van der Waals surface area contributed by atoms with Crippen LogP contribution in [0.25, 0.3) is 0 Å². The summed E-state index contributed by atoms with van der Waals surface area (Å²) < 4.78 is 1.97. The second-order valence-corrected chi connectivity index (χ2v) is 6.69. The van der Waals surface area contributed by atoms with Gasteiger partial charge in [0.05, 0.1) is 23.0 Å². The predicted molar refractivity (Wildman–Crippen MR) is 84.0 cm³/mol. The Morgan fingerprint density at radius 3 is 2.60 bits per heavy atom. The summed E-state index contributed by atoms with van der Waals surface area (Å²) in [5.41, 5.74) is 7.47. The van der Waals surface area contributed by atoms with Crippen LogP contribution in [-0.4, -0.2) is 33.3 Å². The Kier molecular flexibility index (Phi) is 5.10. The summed E-state index contributed by atoms with van der Waals surface area (Å²) in [6.45, 7) is 9.71. The third-order valence-corrected chi connectivity index (χ3v) is 4.79. The van der Waals surface area contributed by atoms with Gasteiger partial charge in [-0.25, -0.2) is 0 Å². The predicted octanol–water partition coefficient (Wildman–Crippen LogP) is 3.21. The quantitative estimate of drug-likeness (QED) is 0.908. The van der Waals surface area contributed by atoms with Crippen molar-refractivity contribution in [3.8, 4) is 0 Å². The first-order valence-electron chi connectivity index (χ1n) is 7.70. The van der Waals surface area contributed by atoms with Gasteiger partial charge in [-0.2, -0.15) is 5.10 Å². The maximum absolute atomic E-state index is 6.59. The molecule has 5 heteroatoms. The van der Waals surface area contributed by atoms with Crippen molar-refractivity contribution in [2.45, 2.75) is 64.6 Å². The lowest BCUT2D eigenvalue weighted by Gasteiger charge is -2.44. The van der Waals surface area contributed by atoms with E-state index in [0.29, 0.717) is 5.02 Å². The van der Waals surface area contributed by atoms with Gasteiger partial charge in [0.25, 0.3) is 0 Å². The highest BCUT2D eigenvalue weighted by atomic mass is 35.5. The Labute approximate surface area is 127 Å². The summed E-state index contributed by atoms with van der Waals surface area (Å²) in [7, 11) is 0. The van der Waals surface area contributed by atoms with Crippen LogP contribution >= 0.6 is 11.6 Å². The van der Waals surface area contributed by atoms with Crippen LogP contribution in [0.3, 0.4) is 0 Å². The summed E-state index contributed by atoms with van der Waals surface area (Å²) in [5, 5.41) is 5.06. The summed E-state index contributed by atoms with van der Waals surface area (Å²) in [6.07, 6.45) is 6.60. The molecule has 1 unspecified atom stereocenters. The average molecular weight is 299 g/mol. The third kappa shape index (κ3) is 3.02. The van der Waals surface area contributed by atoms with Gasteiger partial charge in [-0.05, 0) is 46.2 Å². The van der Waals surface area contributed by atoms with Gasteiger partial charge in [-0.15, -0.1) is 0 Å².